The first-order chi connectivity index (χ1) is 12.4. The average Bonchev–Trinajstić information content (AvgIpc) is 2.66. The van der Waals surface area contributed by atoms with E-state index in [0.29, 0.717) is 44.1 Å². The number of piperazine rings is 1. The lowest BCUT2D eigenvalue weighted by atomic mass is 10.1. The molecule has 0 radical (unpaired) electrons. The molecule has 1 saturated heterocycles. The van der Waals surface area contributed by atoms with Gasteiger partial charge in [-0.3, -0.25) is 4.79 Å². The highest BCUT2D eigenvalue weighted by Gasteiger charge is 2.26. The van der Waals surface area contributed by atoms with Crippen LogP contribution >= 0.6 is 0 Å². The van der Waals surface area contributed by atoms with E-state index in [1.54, 1.807) is 29.2 Å². The van der Waals surface area contributed by atoms with Crippen molar-refractivity contribution >= 4 is 15.9 Å². The topological polar surface area (TPSA) is 66.9 Å². The number of benzene rings is 2. The molecule has 0 atom stereocenters. The van der Waals surface area contributed by atoms with E-state index in [4.69, 9.17) is 4.74 Å². The van der Waals surface area contributed by atoms with E-state index in [0.717, 1.165) is 5.56 Å². The molecule has 1 heterocycles. The molecule has 0 N–H and O–H groups in total. The number of rotatable bonds is 5. The molecule has 3 rings (SSSR count). The lowest BCUT2D eigenvalue weighted by Gasteiger charge is -2.33. The first-order valence-electron chi connectivity index (χ1n) is 8.45. The van der Waals surface area contributed by atoms with Gasteiger partial charge >= 0.3 is 0 Å². The molecule has 1 fully saturated rings. The normalized spacial score (nSPS) is 15.7. The van der Waals surface area contributed by atoms with Crippen LogP contribution in [0.2, 0.25) is 0 Å². The Hall–Kier alpha value is -2.38. The lowest BCUT2D eigenvalue weighted by Crippen LogP contribution is -2.50. The van der Waals surface area contributed by atoms with Crippen LogP contribution in [-0.4, -0.2) is 56.0 Å². The van der Waals surface area contributed by atoms with Crippen molar-refractivity contribution in [2.45, 2.75) is 6.61 Å². The first kappa shape index (κ1) is 18.4. The summed E-state index contributed by atoms with van der Waals surface area (Å²) in [5.41, 5.74) is 1.65. The standard InChI is InChI=1S/C19H22N2O4S/c1-26(23,24)21-13-11-20(12-14-21)19(22)17-7-9-18(10-8-17)25-15-16-5-3-2-4-6-16/h2-10H,11-15H2,1H3. The van der Waals surface area contributed by atoms with Crippen molar-refractivity contribution < 1.29 is 17.9 Å². The maximum Gasteiger partial charge on any atom is 0.253 e. The Morgan fingerprint density at radius 1 is 0.962 bits per heavy atom. The number of carbonyl (C=O) groups excluding carboxylic acids is 1. The molecule has 26 heavy (non-hydrogen) atoms. The summed E-state index contributed by atoms with van der Waals surface area (Å²) in [6, 6.07) is 16.9. The molecule has 0 aliphatic carbocycles. The molecule has 0 spiro atoms. The number of amides is 1. The zero-order chi connectivity index (χ0) is 18.6. The number of sulfonamides is 1. The van der Waals surface area contributed by atoms with E-state index < -0.39 is 10.0 Å². The summed E-state index contributed by atoms with van der Waals surface area (Å²) in [6.07, 6.45) is 1.19. The third-order valence-electron chi connectivity index (χ3n) is 4.34. The van der Waals surface area contributed by atoms with Crippen LogP contribution in [-0.2, 0) is 16.6 Å². The molecular weight excluding hydrogens is 352 g/mol. The van der Waals surface area contributed by atoms with Crippen LogP contribution in [0.5, 0.6) is 5.75 Å². The minimum absolute atomic E-state index is 0.0900. The number of hydrogen-bond acceptors (Lipinski definition) is 4. The van der Waals surface area contributed by atoms with E-state index in [9.17, 15) is 13.2 Å². The van der Waals surface area contributed by atoms with E-state index in [1.165, 1.54) is 10.6 Å². The predicted molar refractivity (Wildman–Crippen MR) is 99.5 cm³/mol. The zero-order valence-corrected chi connectivity index (χ0v) is 15.5. The van der Waals surface area contributed by atoms with Gasteiger partial charge in [0.25, 0.3) is 5.91 Å². The van der Waals surface area contributed by atoms with Gasteiger partial charge in [-0.15, -0.1) is 0 Å². The van der Waals surface area contributed by atoms with Gasteiger partial charge in [0.1, 0.15) is 12.4 Å². The molecule has 2 aromatic rings. The fraction of sp³-hybridized carbons (Fsp3) is 0.316. The Bertz CT molecular complexity index is 843. The van der Waals surface area contributed by atoms with E-state index in [2.05, 4.69) is 0 Å². The van der Waals surface area contributed by atoms with Gasteiger partial charge in [0, 0.05) is 31.7 Å². The van der Waals surface area contributed by atoms with Crippen LogP contribution in [0.3, 0.4) is 0 Å². The molecular formula is C19H22N2O4S. The monoisotopic (exact) mass is 374 g/mol. The Balaban J connectivity index is 1.56. The minimum Gasteiger partial charge on any atom is -0.489 e. The lowest BCUT2D eigenvalue weighted by molar-refractivity contribution is 0.0698. The van der Waals surface area contributed by atoms with E-state index >= 15 is 0 Å². The summed E-state index contributed by atoms with van der Waals surface area (Å²) in [5.74, 6) is 0.611. The molecule has 2 aromatic carbocycles. The Kier molecular flexibility index (Phi) is 5.58. The minimum atomic E-state index is -3.20. The summed E-state index contributed by atoms with van der Waals surface area (Å²) in [7, 11) is -3.20. The fourth-order valence-corrected chi connectivity index (χ4v) is 3.67. The molecule has 1 aliphatic heterocycles. The van der Waals surface area contributed by atoms with Crippen LogP contribution in [0.15, 0.2) is 54.6 Å². The van der Waals surface area contributed by atoms with Crippen molar-refractivity contribution in [2.24, 2.45) is 0 Å². The van der Waals surface area contributed by atoms with Gasteiger partial charge in [-0.05, 0) is 29.8 Å². The maximum atomic E-state index is 12.6. The average molecular weight is 374 g/mol. The van der Waals surface area contributed by atoms with Crippen LogP contribution in [0.4, 0.5) is 0 Å². The van der Waals surface area contributed by atoms with Crippen molar-refractivity contribution in [3.63, 3.8) is 0 Å². The van der Waals surface area contributed by atoms with Crippen LogP contribution < -0.4 is 4.74 Å². The SMILES string of the molecule is CS(=O)(=O)N1CCN(C(=O)c2ccc(OCc3ccccc3)cc2)CC1. The van der Waals surface area contributed by atoms with Crippen LogP contribution in [0.1, 0.15) is 15.9 Å². The second-order valence-electron chi connectivity index (χ2n) is 6.25. The molecule has 138 valence electrons. The number of nitrogens with zero attached hydrogens (tertiary/aromatic N) is 2. The smallest absolute Gasteiger partial charge is 0.253 e. The Labute approximate surface area is 154 Å². The van der Waals surface area contributed by atoms with Gasteiger partial charge in [-0.1, -0.05) is 30.3 Å². The highest BCUT2D eigenvalue weighted by atomic mass is 32.2. The van der Waals surface area contributed by atoms with Gasteiger partial charge in [0.2, 0.25) is 10.0 Å². The third kappa shape index (κ3) is 4.62. The second-order valence-corrected chi connectivity index (χ2v) is 8.24. The number of carbonyl (C=O) groups is 1. The summed E-state index contributed by atoms with van der Waals surface area (Å²) in [5, 5.41) is 0. The number of ether oxygens (including phenoxy) is 1. The zero-order valence-electron chi connectivity index (χ0n) is 14.7. The van der Waals surface area contributed by atoms with Gasteiger partial charge in [0.15, 0.2) is 0 Å². The van der Waals surface area contributed by atoms with Crippen molar-refractivity contribution in [1.29, 1.82) is 0 Å². The molecule has 0 bridgehead atoms. The summed E-state index contributed by atoms with van der Waals surface area (Å²) in [6.45, 7) is 1.95. The largest absolute Gasteiger partial charge is 0.489 e. The molecule has 1 amide bonds. The quantitative estimate of drug-likeness (QED) is 0.803. The third-order valence-corrected chi connectivity index (χ3v) is 5.65. The van der Waals surface area contributed by atoms with Crippen LogP contribution in [0, 0.1) is 0 Å². The Morgan fingerprint density at radius 3 is 2.15 bits per heavy atom. The summed E-state index contributed by atoms with van der Waals surface area (Å²) < 4.78 is 30.2. The van der Waals surface area contributed by atoms with Crippen LogP contribution in [0.25, 0.3) is 0 Å². The summed E-state index contributed by atoms with van der Waals surface area (Å²) >= 11 is 0. The van der Waals surface area contributed by atoms with Gasteiger partial charge < -0.3 is 9.64 Å². The molecule has 7 heteroatoms. The predicted octanol–water partition coefficient (Wildman–Crippen LogP) is 1.98. The van der Waals surface area contributed by atoms with Gasteiger partial charge in [-0.2, -0.15) is 4.31 Å². The first-order valence-corrected chi connectivity index (χ1v) is 10.3. The molecule has 0 aromatic heterocycles. The molecule has 6 nitrogen and oxygen atoms in total. The fourth-order valence-electron chi connectivity index (χ4n) is 2.84. The maximum absolute atomic E-state index is 12.6. The molecule has 0 unspecified atom stereocenters. The highest BCUT2D eigenvalue weighted by molar-refractivity contribution is 7.88. The second kappa shape index (κ2) is 7.88. The van der Waals surface area contributed by atoms with Gasteiger partial charge in [-0.25, -0.2) is 8.42 Å². The molecule has 1 aliphatic rings. The van der Waals surface area contributed by atoms with E-state index in [1.807, 2.05) is 30.3 Å². The number of hydrogen-bond donors (Lipinski definition) is 0. The van der Waals surface area contributed by atoms with E-state index in [-0.39, 0.29) is 5.91 Å². The van der Waals surface area contributed by atoms with Crippen molar-refractivity contribution in [3.8, 4) is 5.75 Å². The molecule has 0 saturated carbocycles. The Morgan fingerprint density at radius 2 is 1.58 bits per heavy atom. The van der Waals surface area contributed by atoms with Crippen molar-refractivity contribution in [3.05, 3.63) is 65.7 Å². The highest BCUT2D eigenvalue weighted by Crippen LogP contribution is 2.17. The van der Waals surface area contributed by atoms with Gasteiger partial charge in [0.05, 0.1) is 6.26 Å². The van der Waals surface area contributed by atoms with Crippen molar-refractivity contribution in [2.75, 3.05) is 32.4 Å². The summed E-state index contributed by atoms with van der Waals surface area (Å²) in [4.78, 5) is 14.2. The van der Waals surface area contributed by atoms with Crippen molar-refractivity contribution in [1.82, 2.24) is 9.21 Å².